The summed E-state index contributed by atoms with van der Waals surface area (Å²) in [6, 6.07) is 6.83. The molecule has 4 heteroatoms. The second-order valence-electron chi connectivity index (χ2n) is 6.62. The van der Waals surface area contributed by atoms with Crippen LogP contribution in [0.15, 0.2) is 24.3 Å². The molecule has 0 aromatic heterocycles. The van der Waals surface area contributed by atoms with Crippen LogP contribution in [0.4, 0.5) is 10.1 Å². The summed E-state index contributed by atoms with van der Waals surface area (Å²) in [7, 11) is 0. The number of anilines is 1. The number of rotatable bonds is 4. The summed E-state index contributed by atoms with van der Waals surface area (Å²) in [5, 5.41) is 0. The lowest BCUT2D eigenvalue weighted by molar-refractivity contribution is 0.227. The molecule has 2 aliphatic rings. The lowest BCUT2D eigenvalue weighted by atomic mass is 9.94. The summed E-state index contributed by atoms with van der Waals surface area (Å²) < 4.78 is 13.0. The molecule has 2 fully saturated rings. The predicted octanol–water partition coefficient (Wildman–Crippen LogP) is 2.61. The van der Waals surface area contributed by atoms with Crippen molar-refractivity contribution in [2.75, 3.05) is 37.6 Å². The van der Waals surface area contributed by atoms with Gasteiger partial charge in [0.15, 0.2) is 0 Å². The van der Waals surface area contributed by atoms with E-state index in [0.717, 1.165) is 44.8 Å². The number of hydrogen-bond acceptors (Lipinski definition) is 3. The zero-order chi connectivity index (χ0) is 14.7. The van der Waals surface area contributed by atoms with Crippen LogP contribution in [-0.2, 0) is 0 Å². The molecule has 0 bridgehead atoms. The first kappa shape index (κ1) is 14.8. The van der Waals surface area contributed by atoms with Crippen LogP contribution in [0.2, 0.25) is 0 Å². The zero-order valence-corrected chi connectivity index (χ0v) is 12.7. The molecule has 3 nitrogen and oxygen atoms in total. The third-order valence-electron chi connectivity index (χ3n) is 5.09. The van der Waals surface area contributed by atoms with Crippen molar-refractivity contribution in [1.82, 2.24) is 4.90 Å². The Balaban J connectivity index is 1.45. The number of halogens is 1. The van der Waals surface area contributed by atoms with Gasteiger partial charge in [0, 0.05) is 44.0 Å². The van der Waals surface area contributed by atoms with Crippen LogP contribution in [0, 0.1) is 5.82 Å². The second kappa shape index (κ2) is 6.32. The van der Waals surface area contributed by atoms with Crippen molar-refractivity contribution in [2.24, 2.45) is 5.73 Å². The van der Waals surface area contributed by atoms with Crippen molar-refractivity contribution in [3.8, 4) is 0 Å². The highest BCUT2D eigenvalue weighted by Gasteiger charge is 2.29. The van der Waals surface area contributed by atoms with Crippen LogP contribution >= 0.6 is 0 Å². The lowest BCUT2D eigenvalue weighted by Gasteiger charge is -2.37. The van der Waals surface area contributed by atoms with Crippen LogP contribution in [0.1, 0.15) is 32.1 Å². The maximum Gasteiger partial charge on any atom is 0.123 e. The van der Waals surface area contributed by atoms with E-state index >= 15 is 0 Å². The number of piperazine rings is 1. The maximum absolute atomic E-state index is 13.0. The minimum absolute atomic E-state index is 0.105. The van der Waals surface area contributed by atoms with Gasteiger partial charge in [0.1, 0.15) is 5.82 Å². The Morgan fingerprint density at radius 1 is 1.00 bits per heavy atom. The SMILES string of the molecule is NC1(CCN2CCN(c3ccc(F)cc3)CC2)CCCC1. The van der Waals surface area contributed by atoms with Gasteiger partial charge in [0.2, 0.25) is 0 Å². The smallest absolute Gasteiger partial charge is 0.123 e. The third-order valence-corrected chi connectivity index (χ3v) is 5.09. The highest BCUT2D eigenvalue weighted by molar-refractivity contribution is 5.46. The number of nitrogens with two attached hydrogens (primary N) is 1. The number of hydrogen-bond donors (Lipinski definition) is 1. The Labute approximate surface area is 126 Å². The molecule has 0 amide bonds. The van der Waals surface area contributed by atoms with E-state index in [0.29, 0.717) is 0 Å². The number of nitrogens with zero attached hydrogens (tertiary/aromatic N) is 2. The molecule has 0 radical (unpaired) electrons. The Morgan fingerprint density at radius 3 is 2.24 bits per heavy atom. The topological polar surface area (TPSA) is 32.5 Å². The molecule has 1 aromatic rings. The molecule has 1 saturated carbocycles. The second-order valence-corrected chi connectivity index (χ2v) is 6.62. The first-order chi connectivity index (χ1) is 10.1. The van der Waals surface area contributed by atoms with Crippen molar-refractivity contribution in [3.05, 3.63) is 30.1 Å². The van der Waals surface area contributed by atoms with E-state index in [1.54, 1.807) is 12.1 Å². The molecule has 0 atom stereocenters. The van der Waals surface area contributed by atoms with Gasteiger partial charge in [-0.3, -0.25) is 4.90 Å². The van der Waals surface area contributed by atoms with Crippen LogP contribution in [0.3, 0.4) is 0 Å². The first-order valence-corrected chi connectivity index (χ1v) is 8.16. The van der Waals surface area contributed by atoms with Crippen molar-refractivity contribution in [3.63, 3.8) is 0 Å². The van der Waals surface area contributed by atoms with Gasteiger partial charge >= 0.3 is 0 Å². The molecule has 1 aliphatic carbocycles. The Hall–Kier alpha value is -1.13. The van der Waals surface area contributed by atoms with E-state index in [2.05, 4.69) is 9.80 Å². The summed E-state index contributed by atoms with van der Waals surface area (Å²) in [5.74, 6) is -0.165. The molecule has 116 valence electrons. The molecule has 1 saturated heterocycles. The molecule has 0 spiro atoms. The van der Waals surface area contributed by atoms with Gasteiger partial charge in [0.25, 0.3) is 0 Å². The number of benzene rings is 1. The average molecular weight is 291 g/mol. The fraction of sp³-hybridized carbons (Fsp3) is 0.647. The standard InChI is InChI=1S/C17H26FN3/c18-15-3-5-16(6-4-15)21-13-11-20(12-14-21)10-9-17(19)7-1-2-8-17/h3-6H,1-2,7-14,19H2. The van der Waals surface area contributed by atoms with Crippen molar-refractivity contribution >= 4 is 5.69 Å². The van der Waals surface area contributed by atoms with Gasteiger partial charge in [-0.1, -0.05) is 12.8 Å². The molecule has 1 aromatic carbocycles. The van der Waals surface area contributed by atoms with Crippen LogP contribution in [-0.4, -0.2) is 43.2 Å². The summed E-state index contributed by atoms with van der Waals surface area (Å²) in [4.78, 5) is 4.86. The van der Waals surface area contributed by atoms with Crippen LogP contribution < -0.4 is 10.6 Å². The highest BCUT2D eigenvalue weighted by Crippen LogP contribution is 2.30. The summed E-state index contributed by atoms with van der Waals surface area (Å²) in [5.41, 5.74) is 7.67. The minimum Gasteiger partial charge on any atom is -0.369 e. The summed E-state index contributed by atoms with van der Waals surface area (Å²) in [6.07, 6.45) is 6.12. The molecule has 21 heavy (non-hydrogen) atoms. The molecule has 3 rings (SSSR count). The molecule has 0 unspecified atom stereocenters. The van der Waals surface area contributed by atoms with Gasteiger partial charge < -0.3 is 10.6 Å². The fourth-order valence-electron chi connectivity index (χ4n) is 3.59. The average Bonchev–Trinajstić information content (AvgIpc) is 2.94. The van der Waals surface area contributed by atoms with Gasteiger partial charge in [-0.05, 0) is 43.5 Å². The zero-order valence-electron chi connectivity index (χ0n) is 12.7. The predicted molar refractivity (Wildman–Crippen MR) is 85.1 cm³/mol. The van der Waals surface area contributed by atoms with E-state index < -0.39 is 0 Å². The summed E-state index contributed by atoms with van der Waals surface area (Å²) >= 11 is 0. The largest absolute Gasteiger partial charge is 0.369 e. The maximum atomic E-state index is 13.0. The quantitative estimate of drug-likeness (QED) is 0.925. The van der Waals surface area contributed by atoms with E-state index in [1.807, 2.05) is 12.1 Å². The Morgan fingerprint density at radius 2 is 1.62 bits per heavy atom. The van der Waals surface area contributed by atoms with Gasteiger partial charge in [-0.25, -0.2) is 4.39 Å². The third kappa shape index (κ3) is 3.74. The molecular weight excluding hydrogens is 265 g/mol. The van der Waals surface area contributed by atoms with E-state index in [1.165, 1.54) is 25.7 Å². The Bertz CT molecular complexity index is 446. The molecule has 1 heterocycles. The van der Waals surface area contributed by atoms with Crippen molar-refractivity contribution < 1.29 is 4.39 Å². The van der Waals surface area contributed by atoms with Gasteiger partial charge in [-0.15, -0.1) is 0 Å². The van der Waals surface area contributed by atoms with Crippen LogP contribution in [0.5, 0.6) is 0 Å². The molecular formula is C17H26FN3. The van der Waals surface area contributed by atoms with E-state index in [4.69, 9.17) is 5.73 Å². The monoisotopic (exact) mass is 291 g/mol. The van der Waals surface area contributed by atoms with E-state index in [-0.39, 0.29) is 11.4 Å². The van der Waals surface area contributed by atoms with Gasteiger partial charge in [0.05, 0.1) is 0 Å². The Kier molecular flexibility index (Phi) is 4.45. The normalized spacial score (nSPS) is 22.7. The van der Waals surface area contributed by atoms with Gasteiger partial charge in [-0.2, -0.15) is 0 Å². The first-order valence-electron chi connectivity index (χ1n) is 8.16. The van der Waals surface area contributed by atoms with Crippen molar-refractivity contribution in [1.29, 1.82) is 0 Å². The fourth-order valence-corrected chi connectivity index (χ4v) is 3.59. The minimum atomic E-state index is -0.165. The van der Waals surface area contributed by atoms with E-state index in [9.17, 15) is 4.39 Å². The molecule has 2 N–H and O–H groups in total. The lowest BCUT2D eigenvalue weighted by Crippen LogP contribution is -2.48. The molecule has 1 aliphatic heterocycles. The van der Waals surface area contributed by atoms with Crippen molar-refractivity contribution in [2.45, 2.75) is 37.6 Å². The highest BCUT2D eigenvalue weighted by atomic mass is 19.1. The summed E-state index contributed by atoms with van der Waals surface area (Å²) in [6.45, 7) is 5.31. The van der Waals surface area contributed by atoms with Crippen LogP contribution in [0.25, 0.3) is 0 Å².